The number of carbonyl (C=O) groups excluding carboxylic acids is 1. The van der Waals surface area contributed by atoms with Crippen LogP contribution in [0.5, 0.6) is 5.75 Å². The fraction of sp³-hybridized carbons (Fsp3) is 0.118. The second-order valence-corrected chi connectivity index (χ2v) is 4.49. The lowest BCUT2D eigenvalue weighted by Gasteiger charge is -2.04. The SMILES string of the molecule is Nc1cc(O)ccc1C#CCNC(=O)OCc1ccccc1. The zero-order valence-corrected chi connectivity index (χ0v) is 11.9. The summed E-state index contributed by atoms with van der Waals surface area (Å²) in [6.07, 6.45) is -0.531. The highest BCUT2D eigenvalue weighted by Gasteiger charge is 2.00. The molecule has 5 nitrogen and oxygen atoms in total. The molecule has 0 aliphatic rings. The Balaban J connectivity index is 1.76. The van der Waals surface area contributed by atoms with E-state index in [1.165, 1.54) is 12.1 Å². The molecule has 22 heavy (non-hydrogen) atoms. The van der Waals surface area contributed by atoms with Gasteiger partial charge in [0.05, 0.1) is 12.2 Å². The zero-order valence-electron chi connectivity index (χ0n) is 11.9. The number of carbonyl (C=O) groups is 1. The molecule has 2 aromatic carbocycles. The van der Waals surface area contributed by atoms with Crippen LogP contribution in [-0.2, 0) is 11.3 Å². The van der Waals surface area contributed by atoms with E-state index in [0.29, 0.717) is 11.3 Å². The number of amides is 1. The summed E-state index contributed by atoms with van der Waals surface area (Å²) >= 11 is 0. The Morgan fingerprint density at radius 2 is 2.00 bits per heavy atom. The second kappa shape index (κ2) is 7.60. The maximum atomic E-state index is 11.5. The van der Waals surface area contributed by atoms with E-state index in [2.05, 4.69) is 17.2 Å². The van der Waals surface area contributed by atoms with Gasteiger partial charge in [0.15, 0.2) is 0 Å². The van der Waals surface area contributed by atoms with Crippen LogP contribution in [0.3, 0.4) is 0 Å². The normalized spacial score (nSPS) is 9.45. The molecule has 1 amide bonds. The third-order valence-corrected chi connectivity index (χ3v) is 2.79. The van der Waals surface area contributed by atoms with Crippen LogP contribution >= 0.6 is 0 Å². The van der Waals surface area contributed by atoms with Gasteiger partial charge in [-0.3, -0.25) is 0 Å². The first kappa shape index (κ1) is 15.3. The largest absolute Gasteiger partial charge is 0.508 e. The molecule has 0 radical (unpaired) electrons. The summed E-state index contributed by atoms with van der Waals surface area (Å²) in [5, 5.41) is 11.8. The van der Waals surface area contributed by atoms with Gasteiger partial charge in [0.1, 0.15) is 12.4 Å². The average Bonchev–Trinajstić information content (AvgIpc) is 2.52. The van der Waals surface area contributed by atoms with Crippen molar-refractivity contribution in [2.24, 2.45) is 0 Å². The Hall–Kier alpha value is -3.13. The Morgan fingerprint density at radius 1 is 1.23 bits per heavy atom. The Kier molecular flexibility index (Phi) is 5.27. The molecule has 0 fully saturated rings. The molecule has 0 bridgehead atoms. The number of ether oxygens (including phenoxy) is 1. The monoisotopic (exact) mass is 296 g/mol. The van der Waals surface area contributed by atoms with Crippen LogP contribution in [0.2, 0.25) is 0 Å². The lowest BCUT2D eigenvalue weighted by atomic mass is 10.2. The molecule has 2 rings (SSSR count). The first-order chi connectivity index (χ1) is 10.6. The summed E-state index contributed by atoms with van der Waals surface area (Å²) in [5.74, 6) is 5.67. The van der Waals surface area contributed by atoms with Crippen molar-refractivity contribution in [3.63, 3.8) is 0 Å². The summed E-state index contributed by atoms with van der Waals surface area (Å²) < 4.78 is 5.04. The quantitative estimate of drug-likeness (QED) is 0.599. The number of nitrogens with one attached hydrogen (secondary N) is 1. The van der Waals surface area contributed by atoms with Crippen molar-refractivity contribution in [3.8, 4) is 17.6 Å². The number of alkyl carbamates (subject to hydrolysis) is 1. The fourth-order valence-corrected chi connectivity index (χ4v) is 1.69. The number of rotatable bonds is 3. The van der Waals surface area contributed by atoms with Crippen LogP contribution in [0.1, 0.15) is 11.1 Å². The summed E-state index contributed by atoms with van der Waals surface area (Å²) in [6.45, 7) is 0.360. The standard InChI is InChI=1S/C17H16N2O3/c18-16-11-15(20)9-8-14(16)7-4-10-19-17(21)22-12-13-5-2-1-3-6-13/h1-3,5-6,8-9,11,20H,10,12,18H2,(H,19,21). The van der Waals surface area contributed by atoms with Crippen molar-refractivity contribution in [1.82, 2.24) is 5.32 Å². The first-order valence-corrected chi connectivity index (χ1v) is 6.67. The molecule has 0 aliphatic heterocycles. The molecule has 4 N–H and O–H groups in total. The van der Waals surface area contributed by atoms with Gasteiger partial charge >= 0.3 is 6.09 Å². The molecular weight excluding hydrogens is 280 g/mol. The molecule has 0 atom stereocenters. The molecule has 0 heterocycles. The number of phenolic OH excluding ortho intramolecular Hbond substituents is 1. The number of phenols is 1. The number of nitrogen functional groups attached to an aromatic ring is 1. The zero-order chi connectivity index (χ0) is 15.8. The van der Waals surface area contributed by atoms with E-state index >= 15 is 0 Å². The van der Waals surface area contributed by atoms with Gasteiger partial charge in [0, 0.05) is 11.6 Å². The predicted molar refractivity (Wildman–Crippen MR) is 84.0 cm³/mol. The van der Waals surface area contributed by atoms with Gasteiger partial charge in [-0.25, -0.2) is 4.79 Å². The lowest BCUT2D eigenvalue weighted by Crippen LogP contribution is -2.24. The number of hydrogen-bond donors (Lipinski definition) is 3. The van der Waals surface area contributed by atoms with Crippen molar-refractivity contribution in [3.05, 3.63) is 59.7 Å². The molecule has 0 spiro atoms. The van der Waals surface area contributed by atoms with E-state index in [0.717, 1.165) is 5.56 Å². The summed E-state index contributed by atoms with van der Waals surface area (Å²) in [7, 11) is 0. The van der Waals surface area contributed by atoms with Crippen molar-refractivity contribution in [2.75, 3.05) is 12.3 Å². The van der Waals surface area contributed by atoms with Crippen LogP contribution in [0, 0.1) is 11.8 Å². The topological polar surface area (TPSA) is 84.6 Å². The Labute approximate surface area is 128 Å². The molecular formula is C17H16N2O3. The number of benzene rings is 2. The third kappa shape index (κ3) is 4.76. The Morgan fingerprint density at radius 3 is 2.73 bits per heavy atom. The molecule has 0 saturated heterocycles. The molecule has 112 valence electrons. The van der Waals surface area contributed by atoms with Gasteiger partial charge in [0.25, 0.3) is 0 Å². The van der Waals surface area contributed by atoms with E-state index in [1.807, 2.05) is 30.3 Å². The minimum Gasteiger partial charge on any atom is -0.508 e. The van der Waals surface area contributed by atoms with Gasteiger partial charge in [-0.1, -0.05) is 42.2 Å². The van der Waals surface area contributed by atoms with Crippen LogP contribution in [0.4, 0.5) is 10.5 Å². The van der Waals surface area contributed by atoms with Crippen LogP contribution in [0.15, 0.2) is 48.5 Å². The number of aromatic hydroxyl groups is 1. The summed E-state index contributed by atoms with van der Waals surface area (Å²) in [5.41, 5.74) is 7.60. The van der Waals surface area contributed by atoms with Gasteiger partial charge in [0.2, 0.25) is 0 Å². The molecule has 2 aromatic rings. The maximum Gasteiger partial charge on any atom is 0.408 e. The lowest BCUT2D eigenvalue weighted by molar-refractivity contribution is 0.141. The smallest absolute Gasteiger partial charge is 0.408 e. The first-order valence-electron chi connectivity index (χ1n) is 6.67. The second-order valence-electron chi connectivity index (χ2n) is 4.49. The van der Waals surface area contributed by atoms with E-state index in [4.69, 9.17) is 10.5 Å². The van der Waals surface area contributed by atoms with E-state index in [9.17, 15) is 9.90 Å². The van der Waals surface area contributed by atoms with E-state index in [-0.39, 0.29) is 18.9 Å². The van der Waals surface area contributed by atoms with Gasteiger partial charge in [-0.05, 0) is 17.7 Å². The van der Waals surface area contributed by atoms with E-state index < -0.39 is 6.09 Å². The van der Waals surface area contributed by atoms with Gasteiger partial charge in [-0.15, -0.1) is 0 Å². The summed E-state index contributed by atoms with van der Waals surface area (Å²) in [4.78, 5) is 11.5. The molecule has 5 heteroatoms. The highest BCUT2D eigenvalue weighted by atomic mass is 16.5. The van der Waals surface area contributed by atoms with Crippen molar-refractivity contribution in [1.29, 1.82) is 0 Å². The van der Waals surface area contributed by atoms with Crippen molar-refractivity contribution >= 4 is 11.8 Å². The van der Waals surface area contributed by atoms with Crippen molar-refractivity contribution in [2.45, 2.75) is 6.61 Å². The number of nitrogens with two attached hydrogens (primary N) is 1. The molecule has 0 aromatic heterocycles. The number of anilines is 1. The average molecular weight is 296 g/mol. The minimum atomic E-state index is -0.531. The van der Waals surface area contributed by atoms with Gasteiger partial charge < -0.3 is 20.9 Å². The minimum absolute atomic E-state index is 0.0886. The Bertz CT molecular complexity index is 703. The van der Waals surface area contributed by atoms with Crippen molar-refractivity contribution < 1.29 is 14.6 Å². The highest BCUT2D eigenvalue weighted by molar-refractivity contribution is 5.67. The highest BCUT2D eigenvalue weighted by Crippen LogP contribution is 2.17. The summed E-state index contributed by atoms with van der Waals surface area (Å²) in [6, 6.07) is 13.9. The van der Waals surface area contributed by atoms with Crippen LogP contribution in [0.25, 0.3) is 0 Å². The van der Waals surface area contributed by atoms with Gasteiger partial charge in [-0.2, -0.15) is 0 Å². The maximum absolute atomic E-state index is 11.5. The molecule has 0 aliphatic carbocycles. The van der Waals surface area contributed by atoms with Crippen LogP contribution in [-0.4, -0.2) is 17.7 Å². The predicted octanol–water partition coefficient (Wildman–Crippen LogP) is 2.25. The third-order valence-electron chi connectivity index (χ3n) is 2.79. The van der Waals surface area contributed by atoms with Crippen LogP contribution < -0.4 is 11.1 Å². The van der Waals surface area contributed by atoms with E-state index in [1.54, 1.807) is 6.07 Å². The fourth-order valence-electron chi connectivity index (χ4n) is 1.69. The molecule has 0 unspecified atom stereocenters. The molecule has 0 saturated carbocycles. The number of hydrogen-bond acceptors (Lipinski definition) is 4.